The molecule has 0 aliphatic rings. The summed E-state index contributed by atoms with van der Waals surface area (Å²) in [6, 6.07) is 24.8. The maximum atomic E-state index is 12.4. The van der Waals surface area contributed by atoms with Gasteiger partial charge in [0, 0.05) is 24.2 Å². The molecule has 0 bridgehead atoms. The number of hydrogen-bond acceptors (Lipinski definition) is 3. The molecule has 0 atom stereocenters. The molecule has 0 saturated heterocycles. The highest BCUT2D eigenvalue weighted by Gasteiger charge is 2.10. The van der Waals surface area contributed by atoms with Gasteiger partial charge < -0.3 is 9.88 Å². The summed E-state index contributed by atoms with van der Waals surface area (Å²) in [4.78, 5) is 17.1. The van der Waals surface area contributed by atoms with Crippen LogP contribution in [0.3, 0.4) is 0 Å². The van der Waals surface area contributed by atoms with Crippen molar-refractivity contribution in [1.82, 2.24) is 9.55 Å². The number of nitrogens with one attached hydrogen (secondary N) is 1. The van der Waals surface area contributed by atoms with Gasteiger partial charge in [0.15, 0.2) is 0 Å². The van der Waals surface area contributed by atoms with E-state index in [0.29, 0.717) is 11.1 Å². The Labute approximate surface area is 175 Å². The van der Waals surface area contributed by atoms with Gasteiger partial charge in [-0.25, -0.2) is 4.98 Å². The molecule has 0 fully saturated rings. The van der Waals surface area contributed by atoms with Crippen molar-refractivity contribution in [1.29, 1.82) is 5.26 Å². The zero-order valence-electron chi connectivity index (χ0n) is 16.8. The first-order chi connectivity index (χ1) is 14.7. The summed E-state index contributed by atoms with van der Waals surface area (Å²) in [7, 11) is 0. The summed E-state index contributed by atoms with van der Waals surface area (Å²) in [5, 5.41) is 11.7. The van der Waals surface area contributed by atoms with Crippen molar-refractivity contribution in [2.75, 3.05) is 5.32 Å². The van der Waals surface area contributed by atoms with Crippen LogP contribution in [-0.4, -0.2) is 15.5 Å². The van der Waals surface area contributed by atoms with Gasteiger partial charge in [-0.2, -0.15) is 5.26 Å². The predicted octanol–water partition coefficient (Wildman–Crippen LogP) is 4.97. The van der Waals surface area contributed by atoms with Crippen molar-refractivity contribution < 1.29 is 4.79 Å². The molecule has 1 heterocycles. The predicted molar refractivity (Wildman–Crippen MR) is 118 cm³/mol. The fourth-order valence-electron chi connectivity index (χ4n) is 3.58. The van der Waals surface area contributed by atoms with Crippen LogP contribution >= 0.6 is 0 Å². The summed E-state index contributed by atoms with van der Waals surface area (Å²) in [6.45, 7) is 3.04. The lowest BCUT2D eigenvalue weighted by Crippen LogP contribution is -2.11. The highest BCUT2D eigenvalue weighted by Crippen LogP contribution is 2.18. The summed E-state index contributed by atoms with van der Waals surface area (Å²) >= 11 is 0. The van der Waals surface area contributed by atoms with Crippen molar-refractivity contribution >= 4 is 22.6 Å². The van der Waals surface area contributed by atoms with E-state index in [2.05, 4.69) is 28.9 Å². The normalized spacial score (nSPS) is 10.7. The monoisotopic (exact) mass is 394 g/mol. The minimum absolute atomic E-state index is 0.191. The number of anilines is 1. The van der Waals surface area contributed by atoms with E-state index in [1.54, 1.807) is 24.3 Å². The molecule has 1 amide bonds. The standard InChI is InChI=1S/C25H22N4O/c1-2-29-23-6-4-3-5-22(23)28-24(29)16-11-18-9-14-21(15-10-18)27-25(30)20-12-7-19(17-26)8-13-20/h3-10,12-15H,2,11,16H2,1H3,(H,27,30). The Morgan fingerprint density at radius 1 is 1.00 bits per heavy atom. The molecule has 0 radical (unpaired) electrons. The number of nitrogens with zero attached hydrogens (tertiary/aromatic N) is 3. The minimum Gasteiger partial charge on any atom is -0.328 e. The van der Waals surface area contributed by atoms with Crippen LogP contribution in [0.4, 0.5) is 5.69 Å². The van der Waals surface area contributed by atoms with Gasteiger partial charge in [-0.05, 0) is 67.4 Å². The van der Waals surface area contributed by atoms with Crippen LogP contribution in [-0.2, 0) is 19.4 Å². The number of carbonyl (C=O) groups is 1. The maximum absolute atomic E-state index is 12.4. The molecule has 1 aromatic heterocycles. The first-order valence-electron chi connectivity index (χ1n) is 10.0. The van der Waals surface area contributed by atoms with Crippen LogP contribution in [0.15, 0.2) is 72.8 Å². The van der Waals surface area contributed by atoms with Crippen molar-refractivity contribution in [3.8, 4) is 6.07 Å². The van der Waals surface area contributed by atoms with Gasteiger partial charge in [-0.3, -0.25) is 4.79 Å². The molecule has 3 aromatic carbocycles. The second-order valence-electron chi connectivity index (χ2n) is 7.10. The Kier molecular flexibility index (Phi) is 5.58. The number of aromatic nitrogens is 2. The quantitative estimate of drug-likeness (QED) is 0.502. The molecule has 4 aromatic rings. The van der Waals surface area contributed by atoms with Gasteiger partial charge in [0.05, 0.1) is 22.7 Å². The van der Waals surface area contributed by atoms with E-state index in [0.717, 1.165) is 36.4 Å². The number of nitriles is 1. The third-order valence-electron chi connectivity index (χ3n) is 5.18. The fraction of sp³-hybridized carbons (Fsp3) is 0.160. The molecule has 30 heavy (non-hydrogen) atoms. The van der Waals surface area contributed by atoms with E-state index in [1.807, 2.05) is 42.5 Å². The molecule has 5 heteroatoms. The number of aryl methyl sites for hydroxylation is 3. The van der Waals surface area contributed by atoms with Gasteiger partial charge in [0.25, 0.3) is 5.91 Å². The molecule has 5 nitrogen and oxygen atoms in total. The van der Waals surface area contributed by atoms with Crippen LogP contribution in [0.1, 0.15) is 34.2 Å². The summed E-state index contributed by atoms with van der Waals surface area (Å²) in [6.07, 6.45) is 1.74. The third-order valence-corrected chi connectivity index (χ3v) is 5.18. The van der Waals surface area contributed by atoms with Gasteiger partial charge in [-0.15, -0.1) is 0 Å². The first-order valence-corrected chi connectivity index (χ1v) is 10.0. The number of hydrogen-bond donors (Lipinski definition) is 1. The van der Waals surface area contributed by atoms with E-state index >= 15 is 0 Å². The number of rotatable bonds is 6. The number of para-hydroxylation sites is 2. The molecule has 148 valence electrons. The lowest BCUT2D eigenvalue weighted by Gasteiger charge is -2.08. The molecule has 1 N–H and O–H groups in total. The fourth-order valence-corrected chi connectivity index (χ4v) is 3.58. The van der Waals surface area contributed by atoms with E-state index in [1.165, 1.54) is 11.1 Å². The molecule has 0 spiro atoms. The number of benzene rings is 3. The Balaban J connectivity index is 1.40. The molecular weight excluding hydrogens is 372 g/mol. The van der Waals surface area contributed by atoms with E-state index in [9.17, 15) is 4.79 Å². The SMILES string of the molecule is CCn1c(CCc2ccc(NC(=O)c3ccc(C#N)cc3)cc2)nc2ccccc21. The van der Waals surface area contributed by atoms with Crippen molar-refractivity contribution in [3.63, 3.8) is 0 Å². The van der Waals surface area contributed by atoms with Gasteiger partial charge in [0.2, 0.25) is 0 Å². The van der Waals surface area contributed by atoms with Crippen LogP contribution in [0.25, 0.3) is 11.0 Å². The van der Waals surface area contributed by atoms with Crippen LogP contribution in [0.2, 0.25) is 0 Å². The second kappa shape index (κ2) is 8.62. The van der Waals surface area contributed by atoms with Gasteiger partial charge in [0.1, 0.15) is 5.82 Å². The molecular formula is C25H22N4O. The lowest BCUT2D eigenvalue weighted by atomic mass is 10.1. The van der Waals surface area contributed by atoms with E-state index in [4.69, 9.17) is 10.2 Å². The third kappa shape index (κ3) is 4.08. The topological polar surface area (TPSA) is 70.7 Å². The molecule has 0 unspecified atom stereocenters. The number of imidazole rings is 1. The molecule has 4 rings (SSSR count). The van der Waals surface area contributed by atoms with Crippen molar-refractivity contribution in [2.45, 2.75) is 26.3 Å². The number of carbonyl (C=O) groups excluding carboxylic acids is 1. The van der Waals surface area contributed by atoms with Crippen LogP contribution in [0, 0.1) is 11.3 Å². The molecule has 0 aliphatic carbocycles. The Hall–Kier alpha value is -3.91. The lowest BCUT2D eigenvalue weighted by molar-refractivity contribution is 0.102. The molecule has 0 saturated carbocycles. The smallest absolute Gasteiger partial charge is 0.255 e. The zero-order chi connectivity index (χ0) is 20.9. The average Bonchev–Trinajstić information content (AvgIpc) is 3.16. The largest absolute Gasteiger partial charge is 0.328 e. The Morgan fingerprint density at radius 3 is 2.43 bits per heavy atom. The van der Waals surface area contributed by atoms with Gasteiger partial charge in [-0.1, -0.05) is 24.3 Å². The number of amides is 1. The zero-order valence-corrected chi connectivity index (χ0v) is 16.8. The summed E-state index contributed by atoms with van der Waals surface area (Å²) < 4.78 is 2.27. The first kappa shape index (κ1) is 19.4. The minimum atomic E-state index is -0.191. The Bertz CT molecular complexity index is 1210. The van der Waals surface area contributed by atoms with E-state index < -0.39 is 0 Å². The highest BCUT2D eigenvalue weighted by atomic mass is 16.1. The van der Waals surface area contributed by atoms with Gasteiger partial charge >= 0.3 is 0 Å². The molecule has 0 aliphatic heterocycles. The van der Waals surface area contributed by atoms with Crippen molar-refractivity contribution in [2.24, 2.45) is 0 Å². The van der Waals surface area contributed by atoms with Crippen LogP contribution < -0.4 is 5.32 Å². The second-order valence-corrected chi connectivity index (χ2v) is 7.10. The summed E-state index contributed by atoms with van der Waals surface area (Å²) in [5.74, 6) is 0.904. The van der Waals surface area contributed by atoms with E-state index in [-0.39, 0.29) is 5.91 Å². The number of fused-ring (bicyclic) bond motifs is 1. The van der Waals surface area contributed by atoms with Crippen molar-refractivity contribution in [3.05, 3.63) is 95.3 Å². The highest BCUT2D eigenvalue weighted by molar-refractivity contribution is 6.04. The maximum Gasteiger partial charge on any atom is 0.255 e. The van der Waals surface area contributed by atoms with Crippen LogP contribution in [0.5, 0.6) is 0 Å². The average molecular weight is 394 g/mol. The Morgan fingerprint density at radius 2 is 1.73 bits per heavy atom. The summed E-state index contributed by atoms with van der Waals surface area (Å²) in [5.41, 5.74) is 5.21.